The van der Waals surface area contributed by atoms with Gasteiger partial charge in [0.25, 0.3) is 0 Å². The fourth-order valence-corrected chi connectivity index (χ4v) is 2.91. The second kappa shape index (κ2) is 6.92. The van der Waals surface area contributed by atoms with E-state index in [1.165, 1.54) is 0 Å². The molecule has 1 saturated heterocycles. The molecule has 0 aliphatic carbocycles. The van der Waals surface area contributed by atoms with Gasteiger partial charge in [-0.25, -0.2) is 0 Å². The fourth-order valence-electron chi connectivity index (χ4n) is 2.79. The van der Waals surface area contributed by atoms with Crippen LogP contribution in [0, 0.1) is 0 Å². The summed E-state index contributed by atoms with van der Waals surface area (Å²) in [5.74, 6) is 0.171. The average molecular weight is 330 g/mol. The Bertz CT molecular complexity index is 662. The topological polar surface area (TPSA) is 49.6 Å². The van der Waals surface area contributed by atoms with Crippen LogP contribution in [-0.2, 0) is 11.2 Å². The van der Waals surface area contributed by atoms with E-state index in [9.17, 15) is 4.79 Å². The van der Waals surface area contributed by atoms with Crippen LogP contribution in [0.25, 0.3) is 0 Å². The van der Waals surface area contributed by atoms with Crippen molar-refractivity contribution in [1.82, 2.24) is 4.90 Å². The SMILES string of the molecule is Nc1ccc(N2CCN(C(=O)Cc3ccc(Cl)cc3)CC2)cc1. The van der Waals surface area contributed by atoms with Crippen molar-refractivity contribution in [3.05, 3.63) is 59.1 Å². The van der Waals surface area contributed by atoms with Crippen molar-refractivity contribution in [2.45, 2.75) is 6.42 Å². The Labute approximate surface area is 141 Å². The number of nitrogens with zero attached hydrogens (tertiary/aromatic N) is 2. The number of nitrogens with two attached hydrogens (primary N) is 1. The molecule has 3 rings (SSSR count). The first-order valence-electron chi connectivity index (χ1n) is 7.74. The number of carbonyl (C=O) groups is 1. The Morgan fingerprint density at radius 3 is 2.17 bits per heavy atom. The van der Waals surface area contributed by atoms with Gasteiger partial charge in [0, 0.05) is 42.6 Å². The Morgan fingerprint density at radius 1 is 0.957 bits per heavy atom. The lowest BCUT2D eigenvalue weighted by atomic mass is 10.1. The number of nitrogen functional groups attached to an aromatic ring is 1. The van der Waals surface area contributed by atoms with Crippen LogP contribution >= 0.6 is 11.6 Å². The first-order valence-corrected chi connectivity index (χ1v) is 8.12. The Kier molecular flexibility index (Phi) is 4.72. The smallest absolute Gasteiger partial charge is 0.227 e. The highest BCUT2D eigenvalue weighted by molar-refractivity contribution is 6.30. The molecule has 0 aromatic heterocycles. The van der Waals surface area contributed by atoms with E-state index in [0.717, 1.165) is 43.1 Å². The summed E-state index contributed by atoms with van der Waals surface area (Å²) in [6.07, 6.45) is 0.430. The molecule has 0 atom stereocenters. The van der Waals surface area contributed by atoms with Crippen LogP contribution in [0.2, 0.25) is 5.02 Å². The second-order valence-electron chi connectivity index (χ2n) is 5.76. The van der Waals surface area contributed by atoms with Gasteiger partial charge in [-0.05, 0) is 42.0 Å². The highest BCUT2D eigenvalue weighted by Gasteiger charge is 2.21. The Balaban J connectivity index is 1.54. The maximum atomic E-state index is 12.4. The van der Waals surface area contributed by atoms with Crippen LogP contribution in [-0.4, -0.2) is 37.0 Å². The van der Waals surface area contributed by atoms with Gasteiger partial charge in [0.1, 0.15) is 0 Å². The third-order valence-corrected chi connectivity index (χ3v) is 4.41. The lowest BCUT2D eigenvalue weighted by molar-refractivity contribution is -0.130. The Hall–Kier alpha value is -2.20. The molecule has 1 aliphatic heterocycles. The van der Waals surface area contributed by atoms with E-state index in [1.807, 2.05) is 53.4 Å². The lowest BCUT2D eigenvalue weighted by Crippen LogP contribution is -2.49. The van der Waals surface area contributed by atoms with Gasteiger partial charge in [0.05, 0.1) is 6.42 Å². The molecule has 1 heterocycles. The number of piperazine rings is 1. The molecule has 4 nitrogen and oxygen atoms in total. The summed E-state index contributed by atoms with van der Waals surface area (Å²) in [7, 11) is 0. The predicted octanol–water partition coefficient (Wildman–Crippen LogP) is 2.81. The molecule has 1 amide bonds. The third-order valence-electron chi connectivity index (χ3n) is 4.16. The number of hydrogen-bond acceptors (Lipinski definition) is 3. The zero-order valence-electron chi connectivity index (χ0n) is 12.9. The molecule has 23 heavy (non-hydrogen) atoms. The summed E-state index contributed by atoms with van der Waals surface area (Å²) in [4.78, 5) is 16.6. The van der Waals surface area contributed by atoms with Gasteiger partial charge in [0.15, 0.2) is 0 Å². The van der Waals surface area contributed by atoms with Crippen molar-refractivity contribution in [3.63, 3.8) is 0 Å². The first-order chi connectivity index (χ1) is 11.1. The minimum Gasteiger partial charge on any atom is -0.399 e. The van der Waals surface area contributed by atoms with Crippen molar-refractivity contribution in [2.24, 2.45) is 0 Å². The van der Waals surface area contributed by atoms with Gasteiger partial charge in [-0.3, -0.25) is 4.79 Å². The summed E-state index contributed by atoms with van der Waals surface area (Å²) in [6.45, 7) is 3.18. The van der Waals surface area contributed by atoms with Crippen LogP contribution in [0.4, 0.5) is 11.4 Å². The van der Waals surface area contributed by atoms with E-state index >= 15 is 0 Å². The lowest BCUT2D eigenvalue weighted by Gasteiger charge is -2.36. The Morgan fingerprint density at radius 2 is 1.57 bits per heavy atom. The summed E-state index contributed by atoms with van der Waals surface area (Å²) in [5.41, 5.74) is 8.65. The molecule has 0 bridgehead atoms. The van der Waals surface area contributed by atoms with Crippen molar-refractivity contribution < 1.29 is 4.79 Å². The highest BCUT2D eigenvalue weighted by Crippen LogP contribution is 2.18. The van der Waals surface area contributed by atoms with E-state index in [2.05, 4.69) is 4.90 Å². The van der Waals surface area contributed by atoms with Crippen LogP contribution in [0.5, 0.6) is 0 Å². The first kappa shape index (κ1) is 15.7. The van der Waals surface area contributed by atoms with Gasteiger partial charge in [-0.1, -0.05) is 23.7 Å². The maximum Gasteiger partial charge on any atom is 0.227 e. The van der Waals surface area contributed by atoms with Crippen molar-refractivity contribution in [1.29, 1.82) is 0 Å². The van der Waals surface area contributed by atoms with E-state index in [-0.39, 0.29) is 5.91 Å². The van der Waals surface area contributed by atoms with Gasteiger partial charge in [-0.2, -0.15) is 0 Å². The largest absolute Gasteiger partial charge is 0.399 e. The third kappa shape index (κ3) is 3.96. The van der Waals surface area contributed by atoms with Gasteiger partial charge in [0.2, 0.25) is 5.91 Å². The molecule has 120 valence electrons. The quantitative estimate of drug-likeness (QED) is 0.881. The molecule has 2 N–H and O–H groups in total. The van der Waals surface area contributed by atoms with Gasteiger partial charge >= 0.3 is 0 Å². The highest BCUT2D eigenvalue weighted by atomic mass is 35.5. The average Bonchev–Trinajstić information content (AvgIpc) is 2.58. The zero-order valence-corrected chi connectivity index (χ0v) is 13.7. The molecule has 5 heteroatoms. The summed E-state index contributed by atoms with van der Waals surface area (Å²) in [5, 5.41) is 0.693. The van der Waals surface area contributed by atoms with Crippen molar-refractivity contribution in [2.75, 3.05) is 36.8 Å². The van der Waals surface area contributed by atoms with E-state index in [0.29, 0.717) is 11.4 Å². The summed E-state index contributed by atoms with van der Waals surface area (Å²) >= 11 is 5.87. The van der Waals surface area contributed by atoms with E-state index < -0.39 is 0 Å². The predicted molar refractivity (Wildman–Crippen MR) is 94.8 cm³/mol. The number of rotatable bonds is 3. The van der Waals surface area contributed by atoms with Crippen molar-refractivity contribution >= 4 is 28.9 Å². The van der Waals surface area contributed by atoms with Crippen LogP contribution in [0.1, 0.15) is 5.56 Å². The molecule has 2 aromatic carbocycles. The van der Waals surface area contributed by atoms with Crippen LogP contribution in [0.3, 0.4) is 0 Å². The van der Waals surface area contributed by atoms with Gasteiger partial charge < -0.3 is 15.5 Å². The molecule has 0 spiro atoms. The second-order valence-corrected chi connectivity index (χ2v) is 6.20. The summed E-state index contributed by atoms with van der Waals surface area (Å²) in [6, 6.07) is 15.3. The van der Waals surface area contributed by atoms with Gasteiger partial charge in [-0.15, -0.1) is 0 Å². The fraction of sp³-hybridized carbons (Fsp3) is 0.278. The molecule has 1 fully saturated rings. The van der Waals surface area contributed by atoms with Crippen molar-refractivity contribution in [3.8, 4) is 0 Å². The van der Waals surface area contributed by atoms with E-state index in [1.54, 1.807) is 0 Å². The number of hydrogen-bond donors (Lipinski definition) is 1. The molecule has 0 unspecified atom stereocenters. The minimum atomic E-state index is 0.171. The monoisotopic (exact) mass is 329 g/mol. The number of carbonyl (C=O) groups excluding carboxylic acids is 1. The maximum absolute atomic E-state index is 12.4. The molecule has 0 saturated carbocycles. The molecule has 2 aromatic rings. The molecule has 1 aliphatic rings. The number of anilines is 2. The summed E-state index contributed by atoms with van der Waals surface area (Å²) < 4.78 is 0. The number of benzene rings is 2. The van der Waals surface area contributed by atoms with Crippen LogP contribution in [0.15, 0.2) is 48.5 Å². The molecule has 0 radical (unpaired) electrons. The van der Waals surface area contributed by atoms with Crippen LogP contribution < -0.4 is 10.6 Å². The number of amides is 1. The molecular weight excluding hydrogens is 310 g/mol. The van der Waals surface area contributed by atoms with E-state index in [4.69, 9.17) is 17.3 Å². The minimum absolute atomic E-state index is 0.171. The molecular formula is C18H20ClN3O. The number of halogens is 1. The standard InChI is InChI=1S/C18H20ClN3O/c19-15-3-1-14(2-4-15)13-18(23)22-11-9-21(10-12-22)17-7-5-16(20)6-8-17/h1-8H,9-13,20H2. The zero-order chi connectivity index (χ0) is 16.2. The normalized spacial score (nSPS) is 14.8.